The van der Waals surface area contributed by atoms with Gasteiger partial charge in [0.25, 0.3) is 0 Å². The summed E-state index contributed by atoms with van der Waals surface area (Å²) >= 11 is 0. The molecule has 0 bridgehead atoms. The van der Waals surface area contributed by atoms with Crippen LogP contribution < -0.4 is 21.7 Å². The maximum Gasteiger partial charge on any atom is 0.326 e. The molecule has 0 saturated heterocycles. The lowest BCUT2D eigenvalue weighted by molar-refractivity contribution is -0.143. The van der Waals surface area contributed by atoms with Crippen molar-refractivity contribution in [2.45, 2.75) is 51.7 Å². The minimum absolute atomic E-state index is 0.275. The Balaban J connectivity index is 4.64. The number of hydrogen-bond acceptors (Lipinski definition) is 6. The predicted octanol–water partition coefficient (Wildman–Crippen LogP) is -1.98. The zero-order chi connectivity index (χ0) is 20.4. The highest BCUT2D eigenvalue weighted by Crippen LogP contribution is 2.02. The summed E-state index contributed by atoms with van der Waals surface area (Å²) in [7, 11) is 0. The van der Waals surface area contributed by atoms with E-state index in [4.69, 9.17) is 15.9 Å². The fraction of sp³-hybridized carbons (Fsp3) is 0.667. The highest BCUT2D eigenvalue weighted by Gasteiger charge is 2.26. The highest BCUT2D eigenvalue weighted by molar-refractivity contribution is 5.92. The van der Waals surface area contributed by atoms with Gasteiger partial charge in [-0.15, -0.1) is 0 Å². The molecule has 26 heavy (non-hydrogen) atoms. The van der Waals surface area contributed by atoms with Gasteiger partial charge in [0.15, 0.2) is 0 Å². The summed E-state index contributed by atoms with van der Waals surface area (Å²) in [6.45, 7) is 4.32. The topological polar surface area (TPSA) is 188 Å². The van der Waals surface area contributed by atoms with Crippen LogP contribution in [0.25, 0.3) is 0 Å². The van der Waals surface area contributed by atoms with Gasteiger partial charge in [0.2, 0.25) is 17.7 Å². The Morgan fingerprint density at radius 1 is 0.962 bits per heavy atom. The first-order chi connectivity index (χ1) is 12.0. The van der Waals surface area contributed by atoms with Crippen molar-refractivity contribution in [1.29, 1.82) is 0 Å². The third-order valence-corrected chi connectivity index (χ3v) is 3.36. The summed E-state index contributed by atoms with van der Waals surface area (Å²) in [5, 5.41) is 24.4. The Hall–Kier alpha value is -2.69. The van der Waals surface area contributed by atoms with Gasteiger partial charge in [0.1, 0.15) is 12.1 Å². The minimum Gasteiger partial charge on any atom is -0.481 e. The monoisotopic (exact) mass is 374 g/mol. The van der Waals surface area contributed by atoms with E-state index in [0.717, 1.165) is 0 Å². The van der Waals surface area contributed by atoms with Crippen LogP contribution in [0.4, 0.5) is 0 Å². The first-order valence-electron chi connectivity index (χ1n) is 8.03. The summed E-state index contributed by atoms with van der Waals surface area (Å²) in [5.41, 5.74) is 5.43. The number of nitrogens with one attached hydrogen (secondary N) is 3. The number of aliphatic carboxylic acids is 2. The summed E-state index contributed by atoms with van der Waals surface area (Å²) in [5.74, 6) is -4.79. The van der Waals surface area contributed by atoms with E-state index in [1.165, 1.54) is 6.92 Å². The average Bonchev–Trinajstić information content (AvgIpc) is 2.52. The third-order valence-electron chi connectivity index (χ3n) is 3.36. The fourth-order valence-corrected chi connectivity index (χ4v) is 1.87. The van der Waals surface area contributed by atoms with Crippen LogP contribution in [0.5, 0.6) is 0 Å². The second-order valence-electron chi connectivity index (χ2n) is 6.13. The molecule has 0 radical (unpaired) electrons. The zero-order valence-electron chi connectivity index (χ0n) is 14.9. The third kappa shape index (κ3) is 8.97. The van der Waals surface area contributed by atoms with E-state index in [9.17, 15) is 24.0 Å². The molecule has 0 aromatic carbocycles. The Morgan fingerprint density at radius 2 is 1.54 bits per heavy atom. The highest BCUT2D eigenvalue weighted by atomic mass is 16.4. The first kappa shape index (κ1) is 23.3. The van der Waals surface area contributed by atoms with E-state index in [2.05, 4.69) is 16.0 Å². The lowest BCUT2D eigenvalue weighted by Gasteiger charge is -2.22. The Kier molecular flexibility index (Phi) is 9.89. The maximum absolute atomic E-state index is 12.1. The normalized spacial score (nSPS) is 14.0. The van der Waals surface area contributed by atoms with Gasteiger partial charge in [-0.25, -0.2) is 4.79 Å². The van der Waals surface area contributed by atoms with Crippen LogP contribution >= 0.6 is 0 Å². The first-order valence-corrected chi connectivity index (χ1v) is 8.03. The maximum atomic E-state index is 12.1. The molecule has 0 heterocycles. The Labute approximate surface area is 150 Å². The van der Waals surface area contributed by atoms with Crippen molar-refractivity contribution in [1.82, 2.24) is 16.0 Å². The van der Waals surface area contributed by atoms with Gasteiger partial charge < -0.3 is 31.9 Å². The van der Waals surface area contributed by atoms with Gasteiger partial charge in [-0.3, -0.25) is 19.2 Å². The Bertz CT molecular complexity index is 548. The SMILES string of the molecule is CC(N)C(=O)NC(C(=O)NCC(=O)NC(CCC(=O)O)C(=O)O)C(C)C. The van der Waals surface area contributed by atoms with Crippen molar-refractivity contribution in [3.8, 4) is 0 Å². The van der Waals surface area contributed by atoms with Crippen molar-refractivity contribution in [2.24, 2.45) is 11.7 Å². The van der Waals surface area contributed by atoms with Gasteiger partial charge in [-0.05, 0) is 19.3 Å². The van der Waals surface area contributed by atoms with E-state index < -0.39 is 60.8 Å². The number of amides is 3. The van der Waals surface area contributed by atoms with Crippen LogP contribution in [0.15, 0.2) is 0 Å². The van der Waals surface area contributed by atoms with Crippen LogP contribution in [-0.4, -0.2) is 64.5 Å². The Morgan fingerprint density at radius 3 is 1.96 bits per heavy atom. The molecule has 0 rings (SSSR count). The molecular weight excluding hydrogens is 348 g/mol. The van der Waals surface area contributed by atoms with Crippen molar-refractivity contribution >= 4 is 29.7 Å². The van der Waals surface area contributed by atoms with E-state index in [0.29, 0.717) is 0 Å². The standard InChI is InChI=1S/C15H26N4O7/c1-7(2)12(19-13(23)8(3)16)14(24)17-6-10(20)18-9(15(25)26)4-5-11(21)22/h7-9,12H,4-6,16H2,1-3H3,(H,17,24)(H,18,20)(H,19,23)(H,21,22)(H,25,26). The van der Waals surface area contributed by atoms with Crippen molar-refractivity contribution < 1.29 is 34.2 Å². The summed E-state index contributed by atoms with van der Waals surface area (Å²) < 4.78 is 0. The van der Waals surface area contributed by atoms with Crippen LogP contribution in [0, 0.1) is 5.92 Å². The largest absolute Gasteiger partial charge is 0.481 e. The molecule has 3 amide bonds. The van der Waals surface area contributed by atoms with E-state index in [-0.39, 0.29) is 12.3 Å². The lowest BCUT2D eigenvalue weighted by Crippen LogP contribution is -2.54. The number of rotatable bonds is 11. The molecule has 0 saturated carbocycles. The van der Waals surface area contributed by atoms with Gasteiger partial charge in [0.05, 0.1) is 12.6 Å². The van der Waals surface area contributed by atoms with Gasteiger partial charge in [-0.1, -0.05) is 13.8 Å². The quantitative estimate of drug-likeness (QED) is 0.240. The minimum atomic E-state index is -1.38. The molecule has 148 valence electrons. The number of carbonyl (C=O) groups excluding carboxylic acids is 3. The molecule has 0 aliphatic rings. The summed E-state index contributed by atoms with van der Waals surface area (Å²) in [4.78, 5) is 57.1. The molecule has 11 nitrogen and oxygen atoms in total. The molecule has 0 fully saturated rings. The summed E-state index contributed by atoms with van der Waals surface area (Å²) in [6, 6.07) is -3.10. The number of carboxylic acids is 2. The molecule has 0 aromatic rings. The van der Waals surface area contributed by atoms with Crippen LogP contribution in [-0.2, 0) is 24.0 Å². The zero-order valence-corrected chi connectivity index (χ0v) is 14.9. The molecule has 0 spiro atoms. The van der Waals surface area contributed by atoms with E-state index in [1.54, 1.807) is 13.8 Å². The number of carboxylic acid groups (broad SMARTS) is 2. The van der Waals surface area contributed by atoms with Crippen molar-refractivity contribution in [2.75, 3.05) is 6.54 Å². The van der Waals surface area contributed by atoms with Crippen LogP contribution in [0.3, 0.4) is 0 Å². The second kappa shape index (κ2) is 11.0. The number of nitrogens with two attached hydrogens (primary N) is 1. The second-order valence-corrected chi connectivity index (χ2v) is 6.13. The van der Waals surface area contributed by atoms with Crippen molar-refractivity contribution in [3.63, 3.8) is 0 Å². The van der Waals surface area contributed by atoms with Gasteiger partial charge in [-0.2, -0.15) is 0 Å². The average molecular weight is 374 g/mol. The van der Waals surface area contributed by atoms with E-state index >= 15 is 0 Å². The van der Waals surface area contributed by atoms with Gasteiger partial charge >= 0.3 is 11.9 Å². The number of carbonyl (C=O) groups is 5. The van der Waals surface area contributed by atoms with Crippen LogP contribution in [0.1, 0.15) is 33.6 Å². The van der Waals surface area contributed by atoms with Gasteiger partial charge in [0, 0.05) is 6.42 Å². The smallest absolute Gasteiger partial charge is 0.326 e. The fourth-order valence-electron chi connectivity index (χ4n) is 1.87. The molecule has 3 unspecified atom stereocenters. The predicted molar refractivity (Wildman–Crippen MR) is 89.9 cm³/mol. The summed E-state index contributed by atoms with van der Waals surface area (Å²) in [6.07, 6.45) is -0.717. The molecule has 11 heteroatoms. The van der Waals surface area contributed by atoms with Crippen molar-refractivity contribution in [3.05, 3.63) is 0 Å². The molecule has 0 aliphatic heterocycles. The molecule has 3 atom stereocenters. The number of hydrogen-bond donors (Lipinski definition) is 6. The lowest BCUT2D eigenvalue weighted by atomic mass is 10.0. The van der Waals surface area contributed by atoms with E-state index in [1.807, 2.05) is 0 Å². The molecule has 7 N–H and O–H groups in total. The molecular formula is C15H26N4O7. The molecule has 0 aliphatic carbocycles. The molecule has 0 aromatic heterocycles. The van der Waals surface area contributed by atoms with Crippen LogP contribution in [0.2, 0.25) is 0 Å².